The summed E-state index contributed by atoms with van der Waals surface area (Å²) in [6.45, 7) is 2.06. The van der Waals surface area contributed by atoms with E-state index >= 15 is 0 Å². The van der Waals surface area contributed by atoms with Crippen LogP contribution < -0.4 is 5.73 Å². The first-order valence-electron chi connectivity index (χ1n) is 4.34. The topological polar surface area (TPSA) is 26.0 Å². The van der Waals surface area contributed by atoms with Crippen LogP contribution in [0.4, 0.5) is 0 Å². The van der Waals surface area contributed by atoms with Crippen LogP contribution in [0.1, 0.15) is 22.0 Å². The second-order valence-electron chi connectivity index (χ2n) is 3.19. The Labute approximate surface area is 106 Å². The molecule has 2 N–H and O–H groups in total. The highest BCUT2D eigenvalue weighted by atomic mass is 35.5. The molecule has 0 aromatic carbocycles. The number of halogens is 2. The molecule has 1 nitrogen and oxygen atoms in total. The molecule has 80 valence electrons. The highest BCUT2D eigenvalue weighted by molar-refractivity contribution is 7.20. The fraction of sp³-hybridized carbons (Fsp3) is 0.200. The summed E-state index contributed by atoms with van der Waals surface area (Å²) in [5.41, 5.74) is 8.18. The van der Waals surface area contributed by atoms with Gasteiger partial charge in [-0.25, -0.2) is 0 Å². The Balaban J connectivity index is 2.40. The van der Waals surface area contributed by atoms with Crippen molar-refractivity contribution in [2.75, 3.05) is 0 Å². The number of hydrogen-bond acceptors (Lipinski definition) is 3. The summed E-state index contributed by atoms with van der Waals surface area (Å²) in [6, 6.07) is 3.70. The van der Waals surface area contributed by atoms with E-state index in [1.807, 2.05) is 17.5 Å². The minimum Gasteiger partial charge on any atom is -0.320 e. The molecule has 2 aromatic heterocycles. The van der Waals surface area contributed by atoms with Crippen molar-refractivity contribution in [3.63, 3.8) is 0 Å². The maximum atomic E-state index is 6.15. The van der Waals surface area contributed by atoms with Crippen LogP contribution in [0.15, 0.2) is 17.5 Å². The van der Waals surface area contributed by atoms with Gasteiger partial charge in [-0.2, -0.15) is 0 Å². The lowest BCUT2D eigenvalue weighted by atomic mass is 10.0. The molecular formula is C10H9Cl2NS2. The van der Waals surface area contributed by atoms with E-state index in [1.165, 1.54) is 16.2 Å². The largest absolute Gasteiger partial charge is 0.320 e. The molecule has 2 rings (SSSR count). The predicted octanol–water partition coefficient (Wildman–Crippen LogP) is 4.47. The first kappa shape index (κ1) is 11.4. The van der Waals surface area contributed by atoms with Crippen LogP contribution in [-0.4, -0.2) is 0 Å². The monoisotopic (exact) mass is 277 g/mol. The van der Waals surface area contributed by atoms with E-state index in [0.717, 1.165) is 11.1 Å². The lowest BCUT2D eigenvalue weighted by Gasteiger charge is -2.10. The Bertz CT molecular complexity index is 475. The standard InChI is InChI=1S/C10H9Cl2NS2/c1-5-6(2-3-14-5)9(13)7-4-8(11)15-10(7)12/h2-4,9H,13H2,1H3. The Kier molecular flexibility index (Phi) is 3.38. The van der Waals surface area contributed by atoms with E-state index < -0.39 is 0 Å². The maximum absolute atomic E-state index is 6.15. The molecule has 0 bridgehead atoms. The third kappa shape index (κ3) is 2.22. The van der Waals surface area contributed by atoms with Crippen molar-refractivity contribution in [3.8, 4) is 0 Å². The predicted molar refractivity (Wildman–Crippen MR) is 69.4 cm³/mol. The Morgan fingerprint density at radius 3 is 2.53 bits per heavy atom. The average molecular weight is 278 g/mol. The van der Waals surface area contributed by atoms with Gasteiger partial charge in [0.15, 0.2) is 0 Å². The zero-order valence-electron chi connectivity index (χ0n) is 7.96. The van der Waals surface area contributed by atoms with Crippen molar-refractivity contribution in [1.82, 2.24) is 0 Å². The van der Waals surface area contributed by atoms with Gasteiger partial charge < -0.3 is 5.73 Å². The van der Waals surface area contributed by atoms with E-state index in [1.54, 1.807) is 11.3 Å². The molecule has 0 radical (unpaired) electrons. The van der Waals surface area contributed by atoms with Crippen molar-refractivity contribution >= 4 is 45.9 Å². The van der Waals surface area contributed by atoms with Crippen molar-refractivity contribution in [1.29, 1.82) is 0 Å². The van der Waals surface area contributed by atoms with Crippen molar-refractivity contribution < 1.29 is 0 Å². The summed E-state index contributed by atoms with van der Waals surface area (Å²) in [6.07, 6.45) is 0. The van der Waals surface area contributed by atoms with Crippen LogP contribution in [0.3, 0.4) is 0 Å². The van der Waals surface area contributed by atoms with Crippen molar-refractivity contribution in [2.24, 2.45) is 5.73 Å². The molecule has 15 heavy (non-hydrogen) atoms. The minimum absolute atomic E-state index is 0.174. The third-order valence-electron chi connectivity index (χ3n) is 2.25. The number of thiophene rings is 2. The zero-order chi connectivity index (χ0) is 11.0. The quantitative estimate of drug-likeness (QED) is 0.861. The van der Waals surface area contributed by atoms with E-state index in [-0.39, 0.29) is 6.04 Å². The zero-order valence-corrected chi connectivity index (χ0v) is 11.1. The summed E-state index contributed by atoms with van der Waals surface area (Å²) in [5, 5.41) is 2.03. The van der Waals surface area contributed by atoms with E-state index in [9.17, 15) is 0 Å². The fourth-order valence-corrected chi connectivity index (χ4v) is 3.75. The molecule has 1 atom stereocenters. The van der Waals surface area contributed by atoms with Crippen molar-refractivity contribution in [2.45, 2.75) is 13.0 Å². The molecule has 2 heterocycles. The summed E-state index contributed by atoms with van der Waals surface area (Å²) in [5.74, 6) is 0. The second-order valence-corrected chi connectivity index (χ2v) is 6.60. The third-order valence-corrected chi connectivity index (χ3v) is 4.63. The van der Waals surface area contributed by atoms with E-state index in [2.05, 4.69) is 6.92 Å². The smallest absolute Gasteiger partial charge is 0.0995 e. The average Bonchev–Trinajstić information content (AvgIpc) is 2.71. The van der Waals surface area contributed by atoms with Gasteiger partial charge in [-0.15, -0.1) is 22.7 Å². The van der Waals surface area contributed by atoms with Crippen molar-refractivity contribution in [3.05, 3.63) is 42.2 Å². The van der Waals surface area contributed by atoms with Crippen LogP contribution in [0, 0.1) is 6.92 Å². The summed E-state index contributed by atoms with van der Waals surface area (Å²) >= 11 is 15.0. The molecule has 0 fully saturated rings. The molecule has 0 saturated carbocycles. The highest BCUT2D eigenvalue weighted by Gasteiger charge is 2.17. The number of nitrogens with two attached hydrogens (primary N) is 1. The molecule has 1 unspecified atom stereocenters. The molecule has 5 heteroatoms. The van der Waals surface area contributed by atoms with Gasteiger partial charge >= 0.3 is 0 Å². The molecule has 0 aliphatic carbocycles. The fourth-order valence-electron chi connectivity index (χ4n) is 1.45. The summed E-state index contributed by atoms with van der Waals surface area (Å²) in [7, 11) is 0. The van der Waals surface area contributed by atoms with Gasteiger partial charge in [-0.05, 0) is 30.0 Å². The van der Waals surface area contributed by atoms with E-state index in [4.69, 9.17) is 28.9 Å². The highest BCUT2D eigenvalue weighted by Crippen LogP contribution is 2.37. The van der Waals surface area contributed by atoms with Crippen LogP contribution in [-0.2, 0) is 0 Å². The normalized spacial score (nSPS) is 13.1. The van der Waals surface area contributed by atoms with Crippen LogP contribution in [0.25, 0.3) is 0 Å². The number of aryl methyl sites for hydroxylation is 1. The second kappa shape index (κ2) is 4.44. The Morgan fingerprint density at radius 1 is 1.33 bits per heavy atom. The Morgan fingerprint density at radius 2 is 2.07 bits per heavy atom. The van der Waals surface area contributed by atoms with Crippen LogP contribution >= 0.6 is 45.9 Å². The lowest BCUT2D eigenvalue weighted by molar-refractivity contribution is 0.875. The molecule has 2 aromatic rings. The molecule has 0 amide bonds. The summed E-state index contributed by atoms with van der Waals surface area (Å²) < 4.78 is 1.36. The lowest BCUT2D eigenvalue weighted by Crippen LogP contribution is -2.11. The first-order chi connectivity index (χ1) is 7.09. The van der Waals surface area contributed by atoms with Crippen LogP contribution in [0.2, 0.25) is 8.67 Å². The SMILES string of the molecule is Cc1sccc1C(N)c1cc(Cl)sc1Cl. The van der Waals surface area contributed by atoms with E-state index in [0.29, 0.717) is 8.67 Å². The molecule has 0 spiro atoms. The molecule has 0 aliphatic heterocycles. The van der Waals surface area contributed by atoms with Gasteiger partial charge in [0, 0.05) is 10.4 Å². The van der Waals surface area contributed by atoms with Gasteiger partial charge in [0.05, 0.1) is 14.7 Å². The number of rotatable bonds is 2. The summed E-state index contributed by atoms with van der Waals surface area (Å²) in [4.78, 5) is 1.22. The van der Waals surface area contributed by atoms with Gasteiger partial charge in [0.25, 0.3) is 0 Å². The molecule has 0 aliphatic rings. The van der Waals surface area contributed by atoms with Gasteiger partial charge in [0.1, 0.15) is 0 Å². The maximum Gasteiger partial charge on any atom is 0.0995 e. The molecule has 0 saturated heterocycles. The van der Waals surface area contributed by atoms with Gasteiger partial charge in [0.2, 0.25) is 0 Å². The number of hydrogen-bond donors (Lipinski definition) is 1. The molecular weight excluding hydrogens is 269 g/mol. The first-order valence-corrected chi connectivity index (χ1v) is 6.79. The Hall–Kier alpha value is -0.0600. The van der Waals surface area contributed by atoms with Crippen LogP contribution in [0.5, 0.6) is 0 Å². The van der Waals surface area contributed by atoms with Gasteiger partial charge in [-0.1, -0.05) is 23.2 Å². The van der Waals surface area contributed by atoms with Gasteiger partial charge in [-0.3, -0.25) is 0 Å². The minimum atomic E-state index is -0.174.